The van der Waals surface area contributed by atoms with Gasteiger partial charge >= 0.3 is 5.97 Å². The Morgan fingerprint density at radius 1 is 1.21 bits per heavy atom. The lowest BCUT2D eigenvalue weighted by Gasteiger charge is -2.01. The highest BCUT2D eigenvalue weighted by molar-refractivity contribution is 6.10. The molecule has 0 bridgehead atoms. The van der Waals surface area contributed by atoms with Crippen LogP contribution in [0.1, 0.15) is 44.6 Å². The number of halogens is 2. The lowest BCUT2D eigenvalue weighted by molar-refractivity contribution is 0.0519. The first-order valence-electron chi connectivity index (χ1n) is 7.38. The summed E-state index contributed by atoms with van der Waals surface area (Å²) in [5.41, 5.74) is 1.98. The molecule has 2 aromatic rings. The van der Waals surface area contributed by atoms with Gasteiger partial charge in [0, 0.05) is 11.3 Å². The summed E-state index contributed by atoms with van der Waals surface area (Å²) in [5, 5.41) is 0. The Balaban J connectivity index is 2.28. The number of allylic oxidation sites excluding steroid dienone is 1. The number of esters is 1. The summed E-state index contributed by atoms with van der Waals surface area (Å²) in [6.07, 6.45) is 2.64. The fourth-order valence-electron chi connectivity index (χ4n) is 2.40. The second-order valence-corrected chi connectivity index (χ2v) is 5.22. The van der Waals surface area contributed by atoms with E-state index in [1.165, 1.54) is 18.2 Å². The maximum Gasteiger partial charge on any atom is 0.355 e. The Labute approximate surface area is 138 Å². The van der Waals surface area contributed by atoms with Crippen LogP contribution in [0, 0.1) is 25.5 Å². The van der Waals surface area contributed by atoms with Crippen molar-refractivity contribution < 1.29 is 23.1 Å². The predicted octanol–water partition coefficient (Wildman–Crippen LogP) is 3.98. The van der Waals surface area contributed by atoms with Gasteiger partial charge in [-0.1, -0.05) is 12.1 Å². The fraction of sp³-hybridized carbons (Fsp3) is 0.222. The van der Waals surface area contributed by atoms with E-state index >= 15 is 0 Å². The third-order valence-electron chi connectivity index (χ3n) is 3.53. The largest absolute Gasteiger partial charge is 0.461 e. The molecule has 126 valence electrons. The Bertz CT molecular complexity index is 822. The molecule has 0 saturated heterocycles. The van der Waals surface area contributed by atoms with Gasteiger partial charge in [-0.05, 0) is 50.1 Å². The van der Waals surface area contributed by atoms with Gasteiger partial charge in [0.15, 0.2) is 17.4 Å². The van der Waals surface area contributed by atoms with Crippen LogP contribution in [0.2, 0.25) is 0 Å². The number of carbonyl (C=O) groups is 2. The van der Waals surface area contributed by atoms with Gasteiger partial charge in [-0.25, -0.2) is 13.6 Å². The molecular formula is C18H17F2NO3. The molecule has 1 heterocycles. The average molecular weight is 333 g/mol. The number of aryl methyl sites for hydroxylation is 1. The molecule has 2 rings (SSSR count). The number of aromatic amines is 1. The number of benzene rings is 1. The molecular weight excluding hydrogens is 316 g/mol. The average Bonchev–Trinajstić information content (AvgIpc) is 2.83. The summed E-state index contributed by atoms with van der Waals surface area (Å²) < 4.78 is 31.0. The van der Waals surface area contributed by atoms with Crippen molar-refractivity contribution in [3.8, 4) is 0 Å². The van der Waals surface area contributed by atoms with Crippen LogP contribution in [0.4, 0.5) is 8.78 Å². The van der Waals surface area contributed by atoms with Crippen molar-refractivity contribution >= 4 is 17.8 Å². The highest BCUT2D eigenvalue weighted by atomic mass is 19.2. The minimum atomic E-state index is -0.983. The van der Waals surface area contributed by atoms with Crippen molar-refractivity contribution in [3.63, 3.8) is 0 Å². The quantitative estimate of drug-likeness (QED) is 0.511. The van der Waals surface area contributed by atoms with E-state index in [-0.39, 0.29) is 18.1 Å². The van der Waals surface area contributed by atoms with Gasteiger partial charge in [-0.2, -0.15) is 0 Å². The second kappa shape index (κ2) is 7.21. The lowest BCUT2D eigenvalue weighted by Crippen LogP contribution is -2.07. The Morgan fingerprint density at radius 3 is 2.54 bits per heavy atom. The molecule has 0 aliphatic carbocycles. The highest BCUT2D eigenvalue weighted by Gasteiger charge is 2.21. The van der Waals surface area contributed by atoms with Crippen molar-refractivity contribution in [2.45, 2.75) is 20.8 Å². The van der Waals surface area contributed by atoms with Gasteiger partial charge in [0.25, 0.3) is 0 Å². The zero-order valence-electron chi connectivity index (χ0n) is 13.6. The molecule has 0 atom stereocenters. The maximum atomic E-state index is 13.2. The van der Waals surface area contributed by atoms with Gasteiger partial charge < -0.3 is 9.72 Å². The van der Waals surface area contributed by atoms with Crippen LogP contribution in [0.15, 0.2) is 24.3 Å². The molecule has 1 aromatic heterocycles. The van der Waals surface area contributed by atoms with Crippen molar-refractivity contribution in [3.05, 3.63) is 64.0 Å². The number of aromatic nitrogens is 1. The Hall–Kier alpha value is -2.76. The maximum absolute atomic E-state index is 13.2. The van der Waals surface area contributed by atoms with Crippen LogP contribution in [0.3, 0.4) is 0 Å². The first kappa shape index (κ1) is 17.6. The van der Waals surface area contributed by atoms with Crippen molar-refractivity contribution in [1.29, 1.82) is 0 Å². The van der Waals surface area contributed by atoms with Gasteiger partial charge in [0.2, 0.25) is 0 Å². The molecule has 0 radical (unpaired) electrons. The van der Waals surface area contributed by atoms with Crippen molar-refractivity contribution in [1.82, 2.24) is 4.98 Å². The molecule has 4 nitrogen and oxygen atoms in total. The van der Waals surface area contributed by atoms with Gasteiger partial charge in [0.1, 0.15) is 5.69 Å². The zero-order chi connectivity index (χ0) is 17.9. The number of hydrogen-bond donors (Lipinski definition) is 1. The summed E-state index contributed by atoms with van der Waals surface area (Å²) >= 11 is 0. The van der Waals surface area contributed by atoms with Crippen LogP contribution < -0.4 is 0 Å². The van der Waals surface area contributed by atoms with E-state index < -0.39 is 17.6 Å². The number of rotatable bonds is 5. The van der Waals surface area contributed by atoms with E-state index in [0.29, 0.717) is 22.4 Å². The zero-order valence-corrected chi connectivity index (χ0v) is 13.6. The molecule has 24 heavy (non-hydrogen) atoms. The van der Waals surface area contributed by atoms with Crippen LogP contribution in [-0.4, -0.2) is 23.3 Å². The van der Waals surface area contributed by atoms with Gasteiger partial charge in [0.05, 0.1) is 6.61 Å². The minimum Gasteiger partial charge on any atom is -0.461 e. The number of carbonyl (C=O) groups excluding carboxylic acids is 2. The normalized spacial score (nSPS) is 11.0. The first-order chi connectivity index (χ1) is 11.3. The third-order valence-corrected chi connectivity index (χ3v) is 3.53. The molecule has 0 saturated carbocycles. The van der Waals surface area contributed by atoms with Crippen LogP contribution >= 0.6 is 0 Å². The molecule has 1 aromatic carbocycles. The molecule has 0 unspecified atom stereocenters. The number of H-pyrrole nitrogens is 1. The number of nitrogens with one attached hydrogen (secondary N) is 1. The predicted molar refractivity (Wildman–Crippen MR) is 85.9 cm³/mol. The summed E-state index contributed by atoms with van der Waals surface area (Å²) in [5.74, 6) is -2.80. The number of ether oxygens (including phenoxy) is 1. The van der Waals surface area contributed by atoms with Crippen molar-refractivity contribution in [2.75, 3.05) is 6.61 Å². The van der Waals surface area contributed by atoms with Crippen molar-refractivity contribution in [2.24, 2.45) is 0 Å². The SMILES string of the molecule is CCOC(=O)c1[nH]c(C)c(C(=O)/C=C/c2ccc(F)c(F)c2)c1C. The van der Waals surface area contributed by atoms with E-state index in [0.717, 1.165) is 12.1 Å². The van der Waals surface area contributed by atoms with E-state index in [1.807, 2.05) is 0 Å². The second-order valence-electron chi connectivity index (χ2n) is 5.22. The van der Waals surface area contributed by atoms with E-state index in [4.69, 9.17) is 4.74 Å². The summed E-state index contributed by atoms with van der Waals surface area (Å²) in [7, 11) is 0. The van der Waals surface area contributed by atoms with E-state index in [2.05, 4.69) is 4.98 Å². The van der Waals surface area contributed by atoms with E-state index in [1.54, 1.807) is 20.8 Å². The topological polar surface area (TPSA) is 59.2 Å². The smallest absolute Gasteiger partial charge is 0.355 e. The Morgan fingerprint density at radius 2 is 1.92 bits per heavy atom. The molecule has 0 aliphatic heterocycles. The monoisotopic (exact) mass is 333 g/mol. The molecule has 0 spiro atoms. The van der Waals surface area contributed by atoms with E-state index in [9.17, 15) is 18.4 Å². The standard InChI is InChI=1S/C18H17F2NO3/c1-4-24-18(23)17-10(2)16(11(3)21-17)15(22)8-6-12-5-7-13(19)14(20)9-12/h5-9,21H,4H2,1-3H3/b8-6+. The first-order valence-corrected chi connectivity index (χ1v) is 7.38. The summed E-state index contributed by atoms with van der Waals surface area (Å²) in [6.45, 7) is 5.25. The van der Waals surface area contributed by atoms with Gasteiger partial charge in [-0.15, -0.1) is 0 Å². The number of ketones is 1. The lowest BCUT2D eigenvalue weighted by atomic mass is 10.0. The molecule has 0 aliphatic rings. The fourth-order valence-corrected chi connectivity index (χ4v) is 2.40. The highest BCUT2D eigenvalue weighted by Crippen LogP contribution is 2.20. The molecule has 6 heteroatoms. The van der Waals surface area contributed by atoms with Crippen LogP contribution in [0.25, 0.3) is 6.08 Å². The summed E-state index contributed by atoms with van der Waals surface area (Å²) in [6, 6.07) is 3.36. The molecule has 0 fully saturated rings. The number of hydrogen-bond acceptors (Lipinski definition) is 3. The molecule has 1 N–H and O–H groups in total. The summed E-state index contributed by atoms with van der Waals surface area (Å²) in [4.78, 5) is 27.1. The minimum absolute atomic E-state index is 0.232. The molecule has 0 amide bonds. The Kier molecular flexibility index (Phi) is 5.28. The third kappa shape index (κ3) is 3.59. The van der Waals surface area contributed by atoms with Crippen LogP contribution in [0.5, 0.6) is 0 Å². The van der Waals surface area contributed by atoms with Crippen LogP contribution in [-0.2, 0) is 4.74 Å². The van der Waals surface area contributed by atoms with Gasteiger partial charge in [-0.3, -0.25) is 4.79 Å².